The molecule has 1 rings (SSSR count). The van der Waals surface area contributed by atoms with Crippen molar-refractivity contribution in [2.75, 3.05) is 13.7 Å². The van der Waals surface area contributed by atoms with Gasteiger partial charge in [0, 0.05) is 12.6 Å². The fourth-order valence-corrected chi connectivity index (χ4v) is 2.57. The minimum atomic E-state index is 0.521. The molecule has 15 heavy (non-hydrogen) atoms. The van der Waals surface area contributed by atoms with Crippen LogP contribution in [0.2, 0.25) is 0 Å². The van der Waals surface area contributed by atoms with Crippen LogP contribution >= 0.6 is 0 Å². The van der Waals surface area contributed by atoms with Gasteiger partial charge in [0.1, 0.15) is 0 Å². The van der Waals surface area contributed by atoms with Crippen LogP contribution in [0.4, 0.5) is 0 Å². The predicted molar refractivity (Wildman–Crippen MR) is 65.1 cm³/mol. The molecule has 0 amide bonds. The van der Waals surface area contributed by atoms with Gasteiger partial charge in [0.25, 0.3) is 0 Å². The first-order valence-electron chi connectivity index (χ1n) is 6.40. The van der Waals surface area contributed by atoms with Crippen molar-refractivity contribution in [2.24, 2.45) is 11.8 Å². The highest BCUT2D eigenvalue weighted by atomic mass is 16.5. The Morgan fingerprint density at radius 3 is 2.33 bits per heavy atom. The minimum absolute atomic E-state index is 0.521. The molecule has 0 bridgehead atoms. The maximum absolute atomic E-state index is 5.96. The van der Waals surface area contributed by atoms with E-state index in [1.165, 1.54) is 19.3 Å². The molecule has 1 aliphatic rings. The summed E-state index contributed by atoms with van der Waals surface area (Å²) < 4.78 is 5.96. The van der Waals surface area contributed by atoms with Gasteiger partial charge in [0.2, 0.25) is 0 Å². The van der Waals surface area contributed by atoms with Crippen molar-refractivity contribution in [3.05, 3.63) is 0 Å². The van der Waals surface area contributed by atoms with E-state index in [2.05, 4.69) is 26.1 Å². The van der Waals surface area contributed by atoms with Crippen molar-refractivity contribution in [3.8, 4) is 0 Å². The van der Waals surface area contributed by atoms with Crippen LogP contribution in [0, 0.1) is 11.8 Å². The third kappa shape index (κ3) is 4.98. The Morgan fingerprint density at radius 1 is 1.20 bits per heavy atom. The smallest absolute Gasteiger partial charge is 0.0580 e. The van der Waals surface area contributed by atoms with Gasteiger partial charge in [-0.1, -0.05) is 13.8 Å². The van der Waals surface area contributed by atoms with Crippen LogP contribution < -0.4 is 5.32 Å². The van der Waals surface area contributed by atoms with E-state index in [0.717, 1.165) is 24.9 Å². The molecule has 3 unspecified atom stereocenters. The van der Waals surface area contributed by atoms with Crippen molar-refractivity contribution in [1.82, 2.24) is 5.32 Å². The molecule has 0 radical (unpaired) electrons. The molecule has 3 atom stereocenters. The zero-order valence-electron chi connectivity index (χ0n) is 10.8. The number of ether oxygens (including phenoxy) is 1. The second kappa shape index (κ2) is 6.49. The number of hydrogen-bond acceptors (Lipinski definition) is 2. The average molecular weight is 213 g/mol. The van der Waals surface area contributed by atoms with Crippen molar-refractivity contribution < 1.29 is 4.74 Å². The van der Waals surface area contributed by atoms with E-state index in [4.69, 9.17) is 4.74 Å². The topological polar surface area (TPSA) is 21.3 Å². The first-order chi connectivity index (χ1) is 7.11. The molecule has 0 aromatic carbocycles. The number of nitrogens with one attached hydrogen (secondary N) is 1. The lowest BCUT2D eigenvalue weighted by atomic mass is 9.82. The summed E-state index contributed by atoms with van der Waals surface area (Å²) in [5.41, 5.74) is 0. The highest BCUT2D eigenvalue weighted by molar-refractivity contribution is 4.75. The summed E-state index contributed by atoms with van der Waals surface area (Å²) in [4.78, 5) is 0. The summed E-state index contributed by atoms with van der Waals surface area (Å²) in [6.07, 6.45) is 5.55. The van der Waals surface area contributed by atoms with Gasteiger partial charge in [0.15, 0.2) is 0 Å². The lowest BCUT2D eigenvalue weighted by Gasteiger charge is -2.31. The molecule has 2 nitrogen and oxygen atoms in total. The first-order valence-corrected chi connectivity index (χ1v) is 6.40. The molecule has 0 saturated heterocycles. The van der Waals surface area contributed by atoms with Crippen molar-refractivity contribution in [2.45, 2.75) is 58.6 Å². The molecule has 0 aromatic rings. The lowest BCUT2D eigenvalue weighted by Crippen LogP contribution is -2.28. The van der Waals surface area contributed by atoms with E-state index in [-0.39, 0.29) is 0 Å². The Bertz CT molecular complexity index is 162. The van der Waals surface area contributed by atoms with Crippen molar-refractivity contribution in [3.63, 3.8) is 0 Å². The van der Waals surface area contributed by atoms with E-state index < -0.39 is 0 Å². The molecule has 1 N–H and O–H groups in total. The van der Waals surface area contributed by atoms with Gasteiger partial charge in [-0.2, -0.15) is 0 Å². The van der Waals surface area contributed by atoms with Crippen LogP contribution in [0.1, 0.15) is 46.5 Å². The van der Waals surface area contributed by atoms with Crippen molar-refractivity contribution in [1.29, 1.82) is 0 Å². The van der Waals surface area contributed by atoms with E-state index in [0.29, 0.717) is 12.1 Å². The zero-order chi connectivity index (χ0) is 11.3. The Morgan fingerprint density at radius 2 is 1.80 bits per heavy atom. The maximum atomic E-state index is 5.96. The third-order valence-corrected chi connectivity index (χ3v) is 3.53. The molecule has 1 saturated carbocycles. The third-order valence-electron chi connectivity index (χ3n) is 3.53. The van der Waals surface area contributed by atoms with E-state index >= 15 is 0 Å². The lowest BCUT2D eigenvalue weighted by molar-refractivity contribution is -0.00201. The largest absolute Gasteiger partial charge is 0.378 e. The fourth-order valence-electron chi connectivity index (χ4n) is 2.57. The average Bonchev–Trinajstić information content (AvgIpc) is 2.16. The van der Waals surface area contributed by atoms with Crippen molar-refractivity contribution >= 4 is 0 Å². The number of rotatable bonds is 5. The molecule has 90 valence electrons. The van der Waals surface area contributed by atoms with Gasteiger partial charge in [-0.15, -0.1) is 0 Å². The van der Waals surface area contributed by atoms with Gasteiger partial charge >= 0.3 is 0 Å². The van der Waals surface area contributed by atoms with Gasteiger partial charge in [-0.25, -0.2) is 0 Å². The van der Waals surface area contributed by atoms with Crippen LogP contribution in [0.5, 0.6) is 0 Å². The van der Waals surface area contributed by atoms with Crippen LogP contribution in [-0.2, 0) is 4.74 Å². The Labute approximate surface area is 94.8 Å². The van der Waals surface area contributed by atoms with E-state index in [1.54, 1.807) is 0 Å². The fraction of sp³-hybridized carbons (Fsp3) is 1.00. The Kier molecular flexibility index (Phi) is 5.62. The predicted octanol–water partition coefficient (Wildman–Crippen LogP) is 2.83. The van der Waals surface area contributed by atoms with Crippen LogP contribution in [0.3, 0.4) is 0 Å². The van der Waals surface area contributed by atoms with Crippen LogP contribution in [0.15, 0.2) is 0 Å². The molecular formula is C13H27NO. The Balaban J connectivity index is 2.15. The van der Waals surface area contributed by atoms with Crippen LogP contribution in [-0.4, -0.2) is 25.8 Å². The summed E-state index contributed by atoms with van der Waals surface area (Å²) in [5, 5.41) is 3.24. The second-order valence-electron chi connectivity index (χ2n) is 5.39. The van der Waals surface area contributed by atoms with E-state index in [1.807, 2.05) is 7.05 Å². The standard InChI is InChI=1S/C13H27NO/c1-10-7-11(2)9-13(8-10)15-6-5-12(3)14-4/h10-14H,5-9H2,1-4H3. The summed E-state index contributed by atoms with van der Waals surface area (Å²) >= 11 is 0. The molecule has 0 aromatic heterocycles. The highest BCUT2D eigenvalue weighted by Crippen LogP contribution is 2.30. The molecule has 0 spiro atoms. The Hall–Kier alpha value is -0.0800. The van der Waals surface area contributed by atoms with Gasteiger partial charge in [-0.05, 0) is 51.5 Å². The molecule has 0 heterocycles. The second-order valence-corrected chi connectivity index (χ2v) is 5.39. The maximum Gasteiger partial charge on any atom is 0.0580 e. The monoisotopic (exact) mass is 213 g/mol. The zero-order valence-corrected chi connectivity index (χ0v) is 10.8. The molecule has 0 aliphatic heterocycles. The molecule has 2 heteroatoms. The highest BCUT2D eigenvalue weighted by Gasteiger charge is 2.24. The van der Waals surface area contributed by atoms with Crippen LogP contribution in [0.25, 0.3) is 0 Å². The van der Waals surface area contributed by atoms with E-state index in [9.17, 15) is 0 Å². The summed E-state index contributed by atoms with van der Waals surface area (Å²) in [5.74, 6) is 1.70. The summed E-state index contributed by atoms with van der Waals surface area (Å²) in [7, 11) is 2.01. The van der Waals surface area contributed by atoms with Gasteiger partial charge in [0.05, 0.1) is 6.10 Å². The molecular weight excluding hydrogens is 186 g/mol. The first kappa shape index (κ1) is 13.0. The quantitative estimate of drug-likeness (QED) is 0.758. The summed E-state index contributed by atoms with van der Waals surface area (Å²) in [6.45, 7) is 7.81. The molecule has 1 aliphatic carbocycles. The summed E-state index contributed by atoms with van der Waals surface area (Å²) in [6, 6.07) is 0.573. The minimum Gasteiger partial charge on any atom is -0.378 e. The van der Waals surface area contributed by atoms with Gasteiger partial charge in [-0.3, -0.25) is 0 Å². The SMILES string of the molecule is CNC(C)CCOC1CC(C)CC(C)C1. The number of hydrogen-bond donors (Lipinski definition) is 1. The van der Waals surface area contributed by atoms with Gasteiger partial charge < -0.3 is 10.1 Å². The molecule has 1 fully saturated rings. The normalized spacial score (nSPS) is 34.0.